The molecule has 1 amide bonds. The molecule has 116 valence electrons. The number of amides is 1. The van der Waals surface area contributed by atoms with Crippen LogP contribution < -0.4 is 0 Å². The number of methoxy groups -OCH3 is 1. The van der Waals surface area contributed by atoms with Crippen molar-refractivity contribution in [2.75, 3.05) is 13.7 Å². The highest BCUT2D eigenvalue weighted by molar-refractivity contribution is 5.70. The molecule has 0 aliphatic carbocycles. The summed E-state index contributed by atoms with van der Waals surface area (Å²) < 4.78 is 6.77. The largest absolute Gasteiger partial charge is 0.453 e. The zero-order valence-corrected chi connectivity index (χ0v) is 13.4. The van der Waals surface area contributed by atoms with Gasteiger partial charge in [-0.1, -0.05) is 24.3 Å². The van der Waals surface area contributed by atoms with Crippen LogP contribution in [0.1, 0.15) is 36.6 Å². The second-order valence-corrected chi connectivity index (χ2v) is 6.10. The SMILES string of the molecule is COC(=O)N1CC(C)(c2cnn(C)c2)c2ccccc2C1C. The molecule has 0 saturated carbocycles. The van der Waals surface area contributed by atoms with Crippen molar-refractivity contribution in [3.63, 3.8) is 0 Å². The summed E-state index contributed by atoms with van der Waals surface area (Å²) in [5.74, 6) is 0. The van der Waals surface area contributed by atoms with E-state index in [4.69, 9.17) is 4.74 Å². The van der Waals surface area contributed by atoms with E-state index in [9.17, 15) is 4.79 Å². The highest BCUT2D eigenvalue weighted by Crippen LogP contribution is 2.43. The molecule has 5 nitrogen and oxygen atoms in total. The van der Waals surface area contributed by atoms with Crippen LogP contribution in [0.15, 0.2) is 36.7 Å². The molecule has 0 N–H and O–H groups in total. The van der Waals surface area contributed by atoms with E-state index in [1.54, 1.807) is 9.58 Å². The van der Waals surface area contributed by atoms with Crippen LogP contribution in [-0.2, 0) is 17.2 Å². The van der Waals surface area contributed by atoms with Crippen LogP contribution in [0.5, 0.6) is 0 Å². The van der Waals surface area contributed by atoms with Gasteiger partial charge in [0.15, 0.2) is 0 Å². The molecule has 2 atom stereocenters. The van der Waals surface area contributed by atoms with Gasteiger partial charge >= 0.3 is 6.09 Å². The Hall–Kier alpha value is -2.30. The average molecular weight is 299 g/mol. The first-order valence-electron chi connectivity index (χ1n) is 7.40. The molecule has 2 heterocycles. The maximum absolute atomic E-state index is 12.2. The van der Waals surface area contributed by atoms with Crippen LogP contribution in [0.2, 0.25) is 0 Å². The fraction of sp³-hybridized carbons (Fsp3) is 0.412. The minimum absolute atomic E-state index is 0.00611. The van der Waals surface area contributed by atoms with Gasteiger partial charge in [-0.3, -0.25) is 4.68 Å². The maximum Gasteiger partial charge on any atom is 0.410 e. The van der Waals surface area contributed by atoms with E-state index in [1.807, 2.05) is 38.5 Å². The number of hydrogen-bond acceptors (Lipinski definition) is 3. The van der Waals surface area contributed by atoms with Crippen LogP contribution >= 0.6 is 0 Å². The van der Waals surface area contributed by atoms with E-state index in [2.05, 4.69) is 24.2 Å². The zero-order chi connectivity index (χ0) is 15.9. The Labute approximate surface area is 130 Å². The third kappa shape index (κ3) is 2.08. The minimum atomic E-state index is -0.300. The molecular formula is C17H21N3O2. The molecule has 2 aromatic rings. The van der Waals surface area contributed by atoms with Gasteiger partial charge in [-0.2, -0.15) is 5.10 Å². The van der Waals surface area contributed by atoms with Gasteiger partial charge in [0.25, 0.3) is 0 Å². The molecule has 5 heteroatoms. The van der Waals surface area contributed by atoms with Crippen molar-refractivity contribution in [1.29, 1.82) is 0 Å². The predicted octanol–water partition coefficient (Wildman–Crippen LogP) is 2.87. The van der Waals surface area contributed by atoms with Crippen molar-refractivity contribution in [2.45, 2.75) is 25.3 Å². The second kappa shape index (κ2) is 5.16. The number of carbonyl (C=O) groups excluding carboxylic acids is 1. The fourth-order valence-electron chi connectivity index (χ4n) is 3.39. The summed E-state index contributed by atoms with van der Waals surface area (Å²) in [5.41, 5.74) is 3.20. The maximum atomic E-state index is 12.2. The number of nitrogens with zero attached hydrogens (tertiary/aromatic N) is 3. The smallest absolute Gasteiger partial charge is 0.410 e. The molecule has 1 aliphatic rings. The van der Waals surface area contributed by atoms with E-state index in [1.165, 1.54) is 12.7 Å². The number of benzene rings is 1. The topological polar surface area (TPSA) is 47.4 Å². The highest BCUT2D eigenvalue weighted by atomic mass is 16.5. The summed E-state index contributed by atoms with van der Waals surface area (Å²) in [7, 11) is 3.33. The molecule has 22 heavy (non-hydrogen) atoms. The summed E-state index contributed by atoms with van der Waals surface area (Å²) >= 11 is 0. The highest BCUT2D eigenvalue weighted by Gasteiger charge is 2.42. The normalized spacial score (nSPS) is 24.0. The Morgan fingerprint density at radius 2 is 2.14 bits per heavy atom. The van der Waals surface area contributed by atoms with Crippen molar-refractivity contribution in [3.8, 4) is 0 Å². The lowest BCUT2D eigenvalue weighted by molar-refractivity contribution is 0.0929. The van der Waals surface area contributed by atoms with E-state index in [0.717, 1.165) is 11.1 Å². The minimum Gasteiger partial charge on any atom is -0.453 e. The van der Waals surface area contributed by atoms with E-state index >= 15 is 0 Å². The van der Waals surface area contributed by atoms with Gasteiger partial charge in [0.1, 0.15) is 0 Å². The Bertz CT molecular complexity index is 709. The Kier molecular flexibility index (Phi) is 3.43. The summed E-state index contributed by atoms with van der Waals surface area (Å²) in [5, 5.41) is 4.30. The lowest BCUT2D eigenvalue weighted by Crippen LogP contribution is -2.48. The van der Waals surface area contributed by atoms with Crippen molar-refractivity contribution in [3.05, 3.63) is 53.3 Å². The van der Waals surface area contributed by atoms with Gasteiger partial charge in [-0.25, -0.2) is 4.79 Å². The van der Waals surface area contributed by atoms with Gasteiger partial charge in [0, 0.05) is 30.8 Å². The van der Waals surface area contributed by atoms with Gasteiger partial charge in [0.2, 0.25) is 0 Å². The molecule has 1 aromatic heterocycles. The van der Waals surface area contributed by atoms with Crippen molar-refractivity contribution >= 4 is 6.09 Å². The van der Waals surface area contributed by atoms with Crippen LogP contribution in [0.4, 0.5) is 4.79 Å². The first-order chi connectivity index (χ1) is 10.5. The number of rotatable bonds is 1. The Morgan fingerprint density at radius 3 is 2.77 bits per heavy atom. The van der Waals surface area contributed by atoms with E-state index in [-0.39, 0.29) is 17.6 Å². The second-order valence-electron chi connectivity index (χ2n) is 6.10. The first-order valence-corrected chi connectivity index (χ1v) is 7.40. The summed E-state index contributed by atoms with van der Waals surface area (Å²) in [6.45, 7) is 4.77. The van der Waals surface area contributed by atoms with Crippen LogP contribution in [0.25, 0.3) is 0 Å². The van der Waals surface area contributed by atoms with Gasteiger partial charge in [-0.15, -0.1) is 0 Å². The molecule has 0 spiro atoms. The lowest BCUT2D eigenvalue weighted by Gasteiger charge is -2.44. The van der Waals surface area contributed by atoms with Gasteiger partial charge in [-0.05, 0) is 25.0 Å². The van der Waals surface area contributed by atoms with Crippen molar-refractivity contribution in [1.82, 2.24) is 14.7 Å². The number of fused-ring (bicyclic) bond motifs is 1. The predicted molar refractivity (Wildman–Crippen MR) is 83.6 cm³/mol. The number of carbonyl (C=O) groups is 1. The van der Waals surface area contributed by atoms with Crippen molar-refractivity contribution in [2.24, 2.45) is 7.05 Å². The average Bonchev–Trinajstić information content (AvgIpc) is 2.97. The first kappa shape index (κ1) is 14.6. The number of aryl methyl sites for hydroxylation is 1. The van der Waals surface area contributed by atoms with Crippen LogP contribution in [-0.4, -0.2) is 34.4 Å². The third-order valence-electron chi connectivity index (χ3n) is 4.71. The number of hydrogen-bond donors (Lipinski definition) is 0. The molecule has 0 bridgehead atoms. The molecule has 0 fully saturated rings. The molecule has 1 aromatic carbocycles. The zero-order valence-electron chi connectivity index (χ0n) is 13.4. The molecular weight excluding hydrogens is 278 g/mol. The molecule has 3 rings (SSSR count). The number of aromatic nitrogens is 2. The van der Waals surface area contributed by atoms with Gasteiger partial charge in [0.05, 0.1) is 19.3 Å². The molecule has 2 unspecified atom stereocenters. The van der Waals surface area contributed by atoms with Crippen molar-refractivity contribution < 1.29 is 9.53 Å². The third-order valence-corrected chi connectivity index (χ3v) is 4.71. The fourth-order valence-corrected chi connectivity index (χ4v) is 3.39. The van der Waals surface area contributed by atoms with Crippen LogP contribution in [0, 0.1) is 0 Å². The Balaban J connectivity index is 2.17. The molecule has 0 radical (unpaired) electrons. The Morgan fingerprint density at radius 1 is 1.41 bits per heavy atom. The van der Waals surface area contributed by atoms with E-state index < -0.39 is 0 Å². The van der Waals surface area contributed by atoms with E-state index in [0.29, 0.717) is 6.54 Å². The summed E-state index contributed by atoms with van der Waals surface area (Å²) in [6, 6.07) is 8.29. The molecule has 1 aliphatic heterocycles. The quantitative estimate of drug-likeness (QED) is 0.813. The van der Waals surface area contributed by atoms with Gasteiger partial charge < -0.3 is 9.64 Å². The monoisotopic (exact) mass is 299 g/mol. The lowest BCUT2D eigenvalue weighted by atomic mass is 9.71. The molecule has 0 saturated heterocycles. The van der Waals surface area contributed by atoms with Crippen LogP contribution in [0.3, 0.4) is 0 Å². The summed E-state index contributed by atoms with van der Waals surface area (Å²) in [4.78, 5) is 14.0. The summed E-state index contributed by atoms with van der Waals surface area (Å²) in [6.07, 6.45) is 3.60. The standard InChI is InChI=1S/C17H21N3O2/c1-12-14-7-5-6-8-15(14)17(2,11-20(12)16(21)22-4)13-9-18-19(3)10-13/h5-10,12H,11H2,1-4H3. The number of ether oxygens (including phenoxy) is 1.